The van der Waals surface area contributed by atoms with Crippen LogP contribution < -0.4 is 0 Å². The molecule has 4 bridgehead atoms. The van der Waals surface area contributed by atoms with Gasteiger partial charge in [0.1, 0.15) is 12.0 Å². The molecular formula is C22H32F2O8S. The Labute approximate surface area is 195 Å². The molecule has 8 nitrogen and oxygen atoms in total. The number of ether oxygens (including phenoxy) is 2. The Balaban J connectivity index is 1.34. The summed E-state index contributed by atoms with van der Waals surface area (Å²) in [4.78, 5) is 24.6. The Kier molecular flexibility index (Phi) is 7.55. The summed E-state index contributed by atoms with van der Waals surface area (Å²) in [6.45, 7) is 0.366. The lowest BCUT2D eigenvalue weighted by Gasteiger charge is -2.61. The van der Waals surface area contributed by atoms with E-state index in [9.17, 15) is 23.5 Å². The Morgan fingerprint density at radius 1 is 0.970 bits per heavy atom. The van der Waals surface area contributed by atoms with Crippen molar-refractivity contribution in [1.29, 1.82) is 0 Å². The normalized spacial score (nSPS) is 37.7. The van der Waals surface area contributed by atoms with Crippen LogP contribution in [0.5, 0.6) is 0 Å². The first-order chi connectivity index (χ1) is 15.7. The Hall–Kier alpha value is -1.01. The van der Waals surface area contributed by atoms with Crippen molar-refractivity contribution in [2.45, 2.75) is 69.5 Å². The molecule has 0 amide bonds. The first-order valence-electron chi connectivity index (χ1n) is 11.7. The summed E-state index contributed by atoms with van der Waals surface area (Å²) in [7, 11) is 0. The minimum Gasteiger partial charge on any atom is -0.465 e. The van der Waals surface area contributed by atoms with E-state index in [0.717, 1.165) is 57.8 Å². The van der Waals surface area contributed by atoms with Crippen molar-refractivity contribution in [3.05, 3.63) is 0 Å². The standard InChI is InChI=1S/C22H32F2O8S/c23-22(24,33-32-31-28)19(27)30-13-21-8-15-5-16(9-21)7-20(6-15,11-21)12-29-18(26)17-3-1-14(10-25)2-4-17/h14-17,25,28H,1-13H2. The first kappa shape index (κ1) is 25.1. The van der Waals surface area contributed by atoms with Gasteiger partial charge in [-0.15, -0.1) is 4.33 Å². The lowest BCUT2D eigenvalue weighted by atomic mass is 9.44. The predicted molar refractivity (Wildman–Crippen MR) is 111 cm³/mol. The molecule has 0 spiro atoms. The van der Waals surface area contributed by atoms with Gasteiger partial charge in [0.05, 0.1) is 19.1 Å². The zero-order valence-corrected chi connectivity index (χ0v) is 19.3. The van der Waals surface area contributed by atoms with Gasteiger partial charge in [-0.05, 0) is 82.0 Å². The summed E-state index contributed by atoms with van der Waals surface area (Å²) < 4.78 is 42.1. The molecule has 0 aromatic carbocycles. The molecule has 2 N–H and O–H groups in total. The largest absolute Gasteiger partial charge is 0.465 e. The van der Waals surface area contributed by atoms with Gasteiger partial charge < -0.3 is 14.6 Å². The molecule has 11 heteroatoms. The highest BCUT2D eigenvalue weighted by Crippen LogP contribution is 2.65. The van der Waals surface area contributed by atoms with Crippen molar-refractivity contribution < 1.29 is 47.6 Å². The monoisotopic (exact) mass is 494 g/mol. The number of aliphatic hydroxyl groups excluding tert-OH is 1. The summed E-state index contributed by atoms with van der Waals surface area (Å²) in [5, 5.41) is 16.5. The molecule has 0 aliphatic heterocycles. The minimum absolute atomic E-state index is 0.115. The van der Waals surface area contributed by atoms with Crippen molar-refractivity contribution >= 4 is 24.0 Å². The second kappa shape index (κ2) is 9.93. The van der Waals surface area contributed by atoms with Gasteiger partial charge in [0.2, 0.25) is 0 Å². The van der Waals surface area contributed by atoms with Crippen molar-refractivity contribution in [3.8, 4) is 0 Å². The lowest BCUT2D eigenvalue weighted by molar-refractivity contribution is -0.433. The van der Waals surface area contributed by atoms with E-state index in [1.165, 1.54) is 0 Å². The third kappa shape index (κ3) is 5.63. The van der Waals surface area contributed by atoms with Gasteiger partial charge in [0.15, 0.2) is 0 Å². The highest BCUT2D eigenvalue weighted by molar-refractivity contribution is 7.96. The summed E-state index contributed by atoms with van der Waals surface area (Å²) in [6, 6.07) is 0. The van der Waals surface area contributed by atoms with Gasteiger partial charge in [-0.3, -0.25) is 4.79 Å². The van der Waals surface area contributed by atoms with Crippen LogP contribution in [0.1, 0.15) is 64.2 Å². The molecule has 0 aromatic rings. The van der Waals surface area contributed by atoms with Crippen LogP contribution in [-0.2, 0) is 28.4 Å². The molecule has 33 heavy (non-hydrogen) atoms. The van der Waals surface area contributed by atoms with Crippen molar-refractivity contribution in [2.24, 2.45) is 34.5 Å². The van der Waals surface area contributed by atoms with E-state index in [0.29, 0.717) is 24.9 Å². The fourth-order valence-electron chi connectivity index (χ4n) is 7.30. The summed E-state index contributed by atoms with van der Waals surface area (Å²) >= 11 is -0.622. The summed E-state index contributed by atoms with van der Waals surface area (Å²) in [6.07, 6.45) is 8.40. The average Bonchev–Trinajstić information content (AvgIpc) is 2.79. The number of carbonyl (C=O) groups is 2. The van der Waals surface area contributed by atoms with Crippen molar-refractivity contribution in [1.82, 2.24) is 0 Å². The minimum atomic E-state index is -4.01. The first-order valence-corrected chi connectivity index (χ1v) is 12.4. The van der Waals surface area contributed by atoms with Crippen LogP contribution in [0.4, 0.5) is 8.78 Å². The molecule has 5 rings (SSSR count). The molecule has 5 aliphatic rings. The van der Waals surface area contributed by atoms with Crippen LogP contribution in [0.15, 0.2) is 0 Å². The second-order valence-electron chi connectivity index (χ2n) is 10.8. The molecule has 5 aliphatic carbocycles. The molecule has 0 aromatic heterocycles. The molecular weight excluding hydrogens is 462 g/mol. The van der Waals surface area contributed by atoms with Crippen molar-refractivity contribution in [3.63, 3.8) is 0 Å². The van der Waals surface area contributed by atoms with Gasteiger partial charge in [-0.25, -0.2) is 10.1 Å². The van der Waals surface area contributed by atoms with Crippen molar-refractivity contribution in [2.75, 3.05) is 19.8 Å². The van der Waals surface area contributed by atoms with Crippen LogP contribution in [0, 0.1) is 34.5 Å². The number of rotatable bonds is 10. The molecule has 0 saturated heterocycles. The quantitative estimate of drug-likeness (QED) is 0.200. The zero-order chi connectivity index (χ0) is 23.7. The van der Waals surface area contributed by atoms with E-state index in [1.54, 1.807) is 0 Å². The third-order valence-corrected chi connectivity index (χ3v) is 8.68. The Bertz CT molecular complexity index is 713. The maximum Gasteiger partial charge on any atom is 0.415 e. The fourth-order valence-corrected chi connectivity index (χ4v) is 7.55. The van der Waals surface area contributed by atoms with Gasteiger partial charge in [-0.1, -0.05) is 5.04 Å². The molecule has 2 atom stereocenters. The third-order valence-electron chi connectivity index (χ3n) is 8.18. The van der Waals surface area contributed by atoms with E-state index >= 15 is 0 Å². The van der Waals surface area contributed by atoms with Gasteiger partial charge in [0.25, 0.3) is 0 Å². The van der Waals surface area contributed by atoms with Crippen LogP contribution in [0.2, 0.25) is 0 Å². The van der Waals surface area contributed by atoms with Gasteiger partial charge in [0, 0.05) is 17.4 Å². The fraction of sp³-hybridized carbons (Fsp3) is 0.909. The molecule has 188 valence electrons. The van der Waals surface area contributed by atoms with Crippen LogP contribution in [-0.4, -0.2) is 47.4 Å². The maximum absolute atomic E-state index is 13.8. The number of esters is 2. The smallest absolute Gasteiger partial charge is 0.415 e. The van der Waals surface area contributed by atoms with Crippen LogP contribution in [0.25, 0.3) is 0 Å². The molecule has 0 radical (unpaired) electrons. The number of carbonyl (C=O) groups excluding carboxylic acids is 2. The molecule has 5 saturated carbocycles. The van der Waals surface area contributed by atoms with E-state index in [1.807, 2.05) is 0 Å². The molecule has 5 fully saturated rings. The highest BCUT2D eigenvalue weighted by Gasteiger charge is 2.59. The molecule has 2 unspecified atom stereocenters. The average molecular weight is 495 g/mol. The van der Waals surface area contributed by atoms with E-state index < -0.39 is 23.3 Å². The predicted octanol–water partition coefficient (Wildman–Crippen LogP) is 4.12. The number of halogens is 2. The Morgan fingerprint density at radius 2 is 1.55 bits per heavy atom. The number of aliphatic hydroxyl groups is 1. The van der Waals surface area contributed by atoms with E-state index in [-0.39, 0.29) is 41.8 Å². The summed E-state index contributed by atoms with van der Waals surface area (Å²) in [5.41, 5.74) is -0.583. The van der Waals surface area contributed by atoms with Gasteiger partial charge >= 0.3 is 17.2 Å². The number of hydrogen-bond acceptors (Lipinski definition) is 9. The highest BCUT2D eigenvalue weighted by atomic mass is 32.2. The summed E-state index contributed by atoms with van der Waals surface area (Å²) in [5.74, 6) is -0.950. The van der Waals surface area contributed by atoms with E-state index in [2.05, 4.69) is 9.37 Å². The Morgan fingerprint density at radius 3 is 2.09 bits per heavy atom. The SMILES string of the molecule is O=C(OCC12CC3CC(C1)CC(COC(=O)C(F)(F)SOOO)(C3)C2)C1CCC(CO)CC1. The lowest BCUT2D eigenvalue weighted by Crippen LogP contribution is -2.55. The topological polar surface area (TPSA) is 112 Å². The van der Waals surface area contributed by atoms with Crippen LogP contribution >= 0.6 is 12.0 Å². The second-order valence-corrected chi connectivity index (χ2v) is 11.6. The number of alkyl halides is 2. The van der Waals surface area contributed by atoms with E-state index in [4.69, 9.17) is 14.7 Å². The maximum atomic E-state index is 13.8. The zero-order valence-electron chi connectivity index (χ0n) is 18.5. The van der Waals surface area contributed by atoms with Crippen LogP contribution in [0.3, 0.4) is 0 Å². The molecule has 0 heterocycles. The number of hydrogen-bond donors (Lipinski definition) is 2. The van der Waals surface area contributed by atoms with Gasteiger partial charge in [-0.2, -0.15) is 8.78 Å².